The number of amides is 1. The fourth-order valence-corrected chi connectivity index (χ4v) is 4.08. The largest absolute Gasteiger partial charge is 0.368 e. The number of carbonyl (C=O) groups is 1. The highest BCUT2D eigenvalue weighted by atomic mass is 35.5. The average molecular weight is 380 g/mol. The van der Waals surface area contributed by atoms with Crippen LogP contribution in [0.3, 0.4) is 0 Å². The summed E-state index contributed by atoms with van der Waals surface area (Å²) < 4.78 is 5.62. The zero-order chi connectivity index (χ0) is 15.9. The van der Waals surface area contributed by atoms with Crippen molar-refractivity contribution in [1.82, 2.24) is 4.90 Å². The number of hydrogen-bond acceptors (Lipinski definition) is 3. The minimum Gasteiger partial charge on any atom is -0.368 e. The summed E-state index contributed by atoms with van der Waals surface area (Å²) >= 11 is 12.4. The molecule has 3 atom stereocenters. The molecule has 23 heavy (non-hydrogen) atoms. The highest BCUT2D eigenvalue weighted by molar-refractivity contribution is 6.35. The minimum absolute atomic E-state index is 0. The maximum Gasteiger partial charge on any atom is 0.252 e. The van der Waals surface area contributed by atoms with Crippen LogP contribution < -0.4 is 5.73 Å². The molecule has 2 unspecified atom stereocenters. The van der Waals surface area contributed by atoms with Crippen LogP contribution in [0, 0.1) is 0 Å². The molecule has 1 amide bonds. The Kier molecular flexibility index (Phi) is 6.20. The first-order chi connectivity index (χ1) is 10.5. The second kappa shape index (κ2) is 7.58. The maximum atomic E-state index is 12.8. The van der Waals surface area contributed by atoms with Crippen molar-refractivity contribution in [2.75, 3.05) is 13.2 Å². The number of nitrogens with two attached hydrogens (primary N) is 1. The smallest absolute Gasteiger partial charge is 0.252 e. The highest BCUT2D eigenvalue weighted by Crippen LogP contribution is 2.37. The van der Waals surface area contributed by atoms with Gasteiger partial charge in [-0.1, -0.05) is 23.2 Å². The summed E-state index contributed by atoms with van der Waals surface area (Å²) in [5, 5.41) is 1.26. The maximum absolute atomic E-state index is 12.8. The Morgan fingerprint density at radius 3 is 2.83 bits per heavy atom. The van der Waals surface area contributed by atoms with Gasteiger partial charge in [0, 0.05) is 29.2 Å². The molecule has 0 aromatic heterocycles. The van der Waals surface area contributed by atoms with E-state index < -0.39 is 6.10 Å². The van der Waals surface area contributed by atoms with Crippen LogP contribution in [0.1, 0.15) is 36.9 Å². The number of hydrogen-bond donors (Lipinski definition) is 1. The standard InChI is InChI=1S/C16H20Cl2N2O2.ClH/c1-9-15-10(6-11(17)7-13(15)18)2-4-20(9)16(21)14-8-12(19)3-5-22-14;/h6-7,9,12,14H,2-5,8,19H2,1H3;1H/t9-,12?,14?;/m0./s1. The molecular formula is C16H21Cl3N2O2. The molecule has 1 aromatic rings. The van der Waals surface area contributed by atoms with Crippen LogP contribution in [-0.2, 0) is 16.0 Å². The minimum atomic E-state index is -0.432. The summed E-state index contributed by atoms with van der Waals surface area (Å²) in [5.41, 5.74) is 8.07. The zero-order valence-electron chi connectivity index (χ0n) is 12.9. The van der Waals surface area contributed by atoms with Gasteiger partial charge in [0.2, 0.25) is 0 Å². The second-order valence-electron chi connectivity index (χ2n) is 6.06. The van der Waals surface area contributed by atoms with E-state index in [1.54, 1.807) is 6.07 Å². The summed E-state index contributed by atoms with van der Waals surface area (Å²) in [6, 6.07) is 3.63. The lowest BCUT2D eigenvalue weighted by molar-refractivity contribution is -0.149. The van der Waals surface area contributed by atoms with Gasteiger partial charge in [0.05, 0.1) is 6.04 Å². The third kappa shape index (κ3) is 3.77. The van der Waals surface area contributed by atoms with Crippen molar-refractivity contribution >= 4 is 41.5 Å². The van der Waals surface area contributed by atoms with E-state index in [9.17, 15) is 4.79 Å². The van der Waals surface area contributed by atoms with Crippen molar-refractivity contribution < 1.29 is 9.53 Å². The van der Waals surface area contributed by atoms with Gasteiger partial charge in [0.15, 0.2) is 0 Å². The van der Waals surface area contributed by atoms with Gasteiger partial charge in [-0.25, -0.2) is 0 Å². The molecule has 1 aromatic carbocycles. The third-order valence-corrected chi connectivity index (χ3v) is 5.10. The topological polar surface area (TPSA) is 55.6 Å². The van der Waals surface area contributed by atoms with Crippen molar-refractivity contribution in [1.29, 1.82) is 0 Å². The Bertz CT molecular complexity index is 597. The molecule has 1 saturated heterocycles. The fraction of sp³-hybridized carbons (Fsp3) is 0.562. The van der Waals surface area contributed by atoms with Crippen LogP contribution >= 0.6 is 35.6 Å². The Morgan fingerprint density at radius 1 is 1.39 bits per heavy atom. The fourth-order valence-electron chi connectivity index (χ4n) is 3.38. The van der Waals surface area contributed by atoms with Gasteiger partial charge in [0.1, 0.15) is 6.10 Å². The van der Waals surface area contributed by atoms with E-state index in [0.29, 0.717) is 29.6 Å². The Hall–Kier alpha value is -0.520. The molecule has 7 heteroatoms. The van der Waals surface area contributed by atoms with Gasteiger partial charge < -0.3 is 15.4 Å². The van der Waals surface area contributed by atoms with E-state index in [4.69, 9.17) is 33.7 Å². The zero-order valence-corrected chi connectivity index (χ0v) is 15.3. The summed E-state index contributed by atoms with van der Waals surface area (Å²) in [4.78, 5) is 14.6. The lowest BCUT2D eigenvalue weighted by Crippen LogP contribution is -2.49. The van der Waals surface area contributed by atoms with E-state index in [1.807, 2.05) is 17.9 Å². The quantitative estimate of drug-likeness (QED) is 0.814. The Balaban J connectivity index is 0.00000192. The van der Waals surface area contributed by atoms with E-state index in [1.165, 1.54) is 0 Å². The number of benzene rings is 1. The van der Waals surface area contributed by atoms with E-state index in [-0.39, 0.29) is 30.4 Å². The van der Waals surface area contributed by atoms with Crippen LogP contribution in [0.15, 0.2) is 12.1 Å². The molecule has 0 saturated carbocycles. The molecule has 2 N–H and O–H groups in total. The lowest BCUT2D eigenvalue weighted by Gasteiger charge is -2.39. The van der Waals surface area contributed by atoms with E-state index in [0.717, 1.165) is 24.0 Å². The predicted octanol–water partition coefficient (Wildman–Crippen LogP) is 3.37. The lowest BCUT2D eigenvalue weighted by atomic mass is 9.92. The summed E-state index contributed by atoms with van der Waals surface area (Å²) in [7, 11) is 0. The van der Waals surface area contributed by atoms with Crippen LogP contribution in [-0.4, -0.2) is 36.1 Å². The molecule has 4 nitrogen and oxygen atoms in total. The first-order valence-electron chi connectivity index (χ1n) is 7.63. The molecule has 0 spiro atoms. The number of carbonyl (C=O) groups excluding carboxylic acids is 1. The van der Waals surface area contributed by atoms with Crippen molar-refractivity contribution in [3.8, 4) is 0 Å². The summed E-state index contributed by atoms with van der Waals surface area (Å²) in [6.07, 6.45) is 1.72. The van der Waals surface area contributed by atoms with Crippen molar-refractivity contribution in [3.63, 3.8) is 0 Å². The van der Waals surface area contributed by atoms with Crippen LogP contribution in [0.5, 0.6) is 0 Å². The van der Waals surface area contributed by atoms with Gasteiger partial charge in [-0.3, -0.25) is 4.79 Å². The monoisotopic (exact) mass is 378 g/mol. The van der Waals surface area contributed by atoms with E-state index in [2.05, 4.69) is 0 Å². The van der Waals surface area contributed by atoms with Crippen molar-refractivity contribution in [2.45, 2.75) is 44.4 Å². The van der Waals surface area contributed by atoms with Crippen molar-refractivity contribution in [3.05, 3.63) is 33.3 Å². The molecule has 128 valence electrons. The molecular weight excluding hydrogens is 359 g/mol. The summed E-state index contributed by atoms with van der Waals surface area (Å²) in [6.45, 7) is 3.20. The number of rotatable bonds is 1. The highest BCUT2D eigenvalue weighted by Gasteiger charge is 2.35. The molecule has 2 aliphatic heterocycles. The number of nitrogens with zero attached hydrogens (tertiary/aromatic N) is 1. The predicted molar refractivity (Wildman–Crippen MR) is 94.5 cm³/mol. The first-order valence-corrected chi connectivity index (χ1v) is 8.38. The average Bonchev–Trinajstić information content (AvgIpc) is 2.46. The van der Waals surface area contributed by atoms with Gasteiger partial charge in [-0.2, -0.15) is 0 Å². The number of ether oxygens (including phenoxy) is 1. The normalized spacial score (nSPS) is 27.1. The number of fused-ring (bicyclic) bond motifs is 1. The first kappa shape index (κ1) is 18.8. The molecule has 3 rings (SSSR count). The van der Waals surface area contributed by atoms with Gasteiger partial charge >= 0.3 is 0 Å². The Labute approximate surface area is 152 Å². The Morgan fingerprint density at radius 2 is 2.13 bits per heavy atom. The molecule has 0 radical (unpaired) electrons. The molecule has 2 heterocycles. The van der Waals surface area contributed by atoms with Gasteiger partial charge in [-0.15, -0.1) is 12.4 Å². The van der Waals surface area contributed by atoms with Gasteiger partial charge in [0.25, 0.3) is 5.91 Å². The molecule has 0 aliphatic carbocycles. The third-order valence-electron chi connectivity index (χ3n) is 4.57. The molecule has 1 fully saturated rings. The summed E-state index contributed by atoms with van der Waals surface area (Å²) in [5.74, 6) is 0.0133. The SMILES string of the molecule is C[C@H]1c2c(Cl)cc(Cl)cc2CCN1C(=O)C1CC(N)CCO1.Cl. The number of halogens is 3. The van der Waals surface area contributed by atoms with E-state index >= 15 is 0 Å². The van der Waals surface area contributed by atoms with Gasteiger partial charge in [-0.05, 0) is 49.4 Å². The second-order valence-corrected chi connectivity index (χ2v) is 6.91. The van der Waals surface area contributed by atoms with Crippen LogP contribution in [0.25, 0.3) is 0 Å². The molecule has 2 aliphatic rings. The molecule has 0 bridgehead atoms. The van der Waals surface area contributed by atoms with Crippen LogP contribution in [0.4, 0.5) is 0 Å². The van der Waals surface area contributed by atoms with Crippen LogP contribution in [0.2, 0.25) is 10.0 Å². The van der Waals surface area contributed by atoms with Crippen molar-refractivity contribution in [2.24, 2.45) is 5.73 Å².